The van der Waals surface area contributed by atoms with Gasteiger partial charge in [-0.2, -0.15) is 0 Å². The number of nitrogens with zero attached hydrogens (tertiary/aromatic N) is 3. The normalized spacial score (nSPS) is 15.4. The van der Waals surface area contributed by atoms with Crippen LogP contribution in [0.1, 0.15) is 32.7 Å². The lowest BCUT2D eigenvalue weighted by Gasteiger charge is -2.34. The minimum atomic E-state index is 0.177. The first kappa shape index (κ1) is 18.4. The fourth-order valence-corrected chi connectivity index (χ4v) is 5.22. The number of amides is 1. The molecule has 0 radical (unpaired) electrons. The zero-order chi connectivity index (χ0) is 18.8. The molecule has 0 spiro atoms. The van der Waals surface area contributed by atoms with Gasteiger partial charge in [-0.05, 0) is 37.1 Å². The highest BCUT2D eigenvalue weighted by atomic mass is 32.1. The van der Waals surface area contributed by atoms with Crippen LogP contribution >= 0.6 is 22.7 Å². The lowest BCUT2D eigenvalue weighted by atomic mass is 10.2. The van der Waals surface area contributed by atoms with Crippen LogP contribution in [-0.2, 0) is 13.0 Å². The Kier molecular flexibility index (Phi) is 5.43. The molecule has 142 valence electrons. The molecule has 1 amide bonds. The maximum Gasteiger partial charge on any atom is 0.264 e. The molecular weight excluding hydrogens is 378 g/mol. The van der Waals surface area contributed by atoms with E-state index >= 15 is 0 Å². The second-order valence-electron chi connectivity index (χ2n) is 6.76. The second-order valence-corrected chi connectivity index (χ2v) is 8.75. The summed E-state index contributed by atoms with van der Waals surface area (Å²) < 4.78 is 5.41. The van der Waals surface area contributed by atoms with Crippen molar-refractivity contribution in [2.75, 3.05) is 26.2 Å². The van der Waals surface area contributed by atoms with Gasteiger partial charge < -0.3 is 9.32 Å². The molecule has 0 N–H and O–H groups in total. The molecule has 0 aromatic carbocycles. The number of carbonyl (C=O) groups is 1. The summed E-state index contributed by atoms with van der Waals surface area (Å²) >= 11 is 3.25. The van der Waals surface area contributed by atoms with E-state index in [2.05, 4.69) is 29.1 Å². The Morgan fingerprint density at radius 3 is 2.78 bits per heavy atom. The van der Waals surface area contributed by atoms with Crippen LogP contribution in [0.15, 0.2) is 34.3 Å². The van der Waals surface area contributed by atoms with Gasteiger partial charge in [0.15, 0.2) is 10.8 Å². The van der Waals surface area contributed by atoms with Gasteiger partial charge in [0.05, 0.1) is 16.8 Å². The third-order valence-corrected chi connectivity index (χ3v) is 7.16. The first-order valence-corrected chi connectivity index (χ1v) is 10.9. The topological polar surface area (TPSA) is 49.6 Å². The van der Waals surface area contributed by atoms with E-state index in [1.807, 2.05) is 23.1 Å². The molecule has 1 saturated heterocycles. The van der Waals surface area contributed by atoms with E-state index in [0.29, 0.717) is 0 Å². The lowest BCUT2D eigenvalue weighted by molar-refractivity contribution is 0.0632. The highest BCUT2D eigenvalue weighted by Crippen LogP contribution is 2.26. The average molecular weight is 402 g/mol. The number of aromatic nitrogens is 1. The van der Waals surface area contributed by atoms with E-state index in [1.54, 1.807) is 28.9 Å². The van der Waals surface area contributed by atoms with Gasteiger partial charge in [0.25, 0.3) is 5.91 Å². The molecule has 4 rings (SSSR count). The van der Waals surface area contributed by atoms with Crippen molar-refractivity contribution in [3.05, 3.63) is 50.9 Å². The Bertz CT molecular complexity index is 906. The molecule has 5 nitrogen and oxygen atoms in total. The predicted octanol–water partition coefficient (Wildman–Crippen LogP) is 4.29. The SMILES string of the molecule is CCc1sc(C(=O)N2CCN(Cc3csc(-c4ccco4)n3)CC2)cc1C. The van der Waals surface area contributed by atoms with Crippen molar-refractivity contribution in [2.45, 2.75) is 26.8 Å². The van der Waals surface area contributed by atoms with Gasteiger partial charge in [0.1, 0.15) is 0 Å². The summed E-state index contributed by atoms with van der Waals surface area (Å²) in [6, 6.07) is 5.86. The summed E-state index contributed by atoms with van der Waals surface area (Å²) in [6.07, 6.45) is 2.66. The molecule has 7 heteroatoms. The summed E-state index contributed by atoms with van der Waals surface area (Å²) in [6.45, 7) is 8.35. The molecule has 27 heavy (non-hydrogen) atoms. The molecule has 0 saturated carbocycles. The van der Waals surface area contributed by atoms with Gasteiger partial charge in [-0.25, -0.2) is 4.98 Å². The number of furan rings is 1. The van der Waals surface area contributed by atoms with E-state index in [0.717, 1.165) is 60.5 Å². The maximum atomic E-state index is 12.8. The van der Waals surface area contributed by atoms with Crippen LogP contribution in [0.5, 0.6) is 0 Å². The van der Waals surface area contributed by atoms with Gasteiger partial charge in [-0.3, -0.25) is 9.69 Å². The maximum absolute atomic E-state index is 12.8. The number of hydrogen-bond donors (Lipinski definition) is 0. The fraction of sp³-hybridized carbons (Fsp3) is 0.400. The molecular formula is C20H23N3O2S2. The van der Waals surface area contributed by atoms with E-state index in [4.69, 9.17) is 4.42 Å². The van der Waals surface area contributed by atoms with Crippen LogP contribution in [-0.4, -0.2) is 46.9 Å². The zero-order valence-corrected chi connectivity index (χ0v) is 17.2. The largest absolute Gasteiger partial charge is 0.462 e. The number of thiophene rings is 1. The lowest BCUT2D eigenvalue weighted by Crippen LogP contribution is -2.48. The molecule has 0 unspecified atom stereocenters. The minimum absolute atomic E-state index is 0.177. The fourth-order valence-electron chi connectivity index (χ4n) is 3.36. The zero-order valence-electron chi connectivity index (χ0n) is 15.6. The van der Waals surface area contributed by atoms with E-state index in [1.165, 1.54) is 10.4 Å². The summed E-state index contributed by atoms with van der Waals surface area (Å²) in [5, 5.41) is 3.01. The smallest absolute Gasteiger partial charge is 0.264 e. The Morgan fingerprint density at radius 1 is 1.30 bits per heavy atom. The molecule has 3 aromatic rings. The van der Waals surface area contributed by atoms with Crippen LogP contribution in [0.2, 0.25) is 0 Å². The molecule has 0 aliphatic carbocycles. The molecule has 3 aromatic heterocycles. The van der Waals surface area contributed by atoms with Gasteiger partial charge in [-0.15, -0.1) is 22.7 Å². The van der Waals surface area contributed by atoms with Crippen molar-refractivity contribution < 1.29 is 9.21 Å². The first-order valence-electron chi connectivity index (χ1n) is 9.23. The summed E-state index contributed by atoms with van der Waals surface area (Å²) in [4.78, 5) is 24.0. The van der Waals surface area contributed by atoms with E-state index in [-0.39, 0.29) is 5.91 Å². The molecule has 4 heterocycles. The van der Waals surface area contributed by atoms with Crippen molar-refractivity contribution in [2.24, 2.45) is 0 Å². The van der Waals surface area contributed by atoms with Crippen molar-refractivity contribution in [1.82, 2.24) is 14.8 Å². The second kappa shape index (κ2) is 7.96. The van der Waals surface area contributed by atoms with E-state index in [9.17, 15) is 4.79 Å². The summed E-state index contributed by atoms with van der Waals surface area (Å²) in [5.41, 5.74) is 2.30. The summed E-state index contributed by atoms with van der Waals surface area (Å²) in [7, 11) is 0. The number of carbonyl (C=O) groups excluding carboxylic acids is 1. The first-order chi connectivity index (χ1) is 13.1. The predicted molar refractivity (Wildman–Crippen MR) is 109 cm³/mol. The van der Waals surface area contributed by atoms with Crippen LogP contribution in [0, 0.1) is 6.92 Å². The Labute approximate surface area is 167 Å². The average Bonchev–Trinajstić information content (AvgIpc) is 3.42. The Balaban J connectivity index is 1.33. The quantitative estimate of drug-likeness (QED) is 0.640. The summed E-state index contributed by atoms with van der Waals surface area (Å²) in [5.74, 6) is 0.996. The van der Waals surface area contributed by atoms with Gasteiger partial charge in [0, 0.05) is 43.0 Å². The molecule has 1 aliphatic rings. The van der Waals surface area contributed by atoms with Gasteiger partial charge >= 0.3 is 0 Å². The van der Waals surface area contributed by atoms with Crippen LogP contribution in [0.3, 0.4) is 0 Å². The number of hydrogen-bond acceptors (Lipinski definition) is 6. The van der Waals surface area contributed by atoms with Crippen LogP contribution < -0.4 is 0 Å². The highest BCUT2D eigenvalue weighted by molar-refractivity contribution is 7.14. The molecule has 0 atom stereocenters. The van der Waals surface area contributed by atoms with Gasteiger partial charge in [0.2, 0.25) is 0 Å². The Hall–Kier alpha value is -1.96. The van der Waals surface area contributed by atoms with Crippen molar-refractivity contribution >= 4 is 28.6 Å². The molecule has 1 aliphatic heterocycles. The minimum Gasteiger partial charge on any atom is -0.462 e. The monoisotopic (exact) mass is 401 g/mol. The third kappa shape index (κ3) is 4.00. The van der Waals surface area contributed by atoms with Crippen molar-refractivity contribution in [3.8, 4) is 10.8 Å². The standard InChI is InChI=1S/C20H23N3O2S2/c1-3-17-14(2)11-18(27-17)20(24)23-8-6-22(7-9-23)12-15-13-26-19(21-15)16-5-4-10-25-16/h4-5,10-11,13H,3,6-9,12H2,1-2H3. The van der Waals surface area contributed by atoms with Gasteiger partial charge in [-0.1, -0.05) is 6.92 Å². The van der Waals surface area contributed by atoms with E-state index < -0.39 is 0 Å². The highest BCUT2D eigenvalue weighted by Gasteiger charge is 2.24. The number of thiazole rings is 1. The van der Waals surface area contributed by atoms with Crippen LogP contribution in [0.25, 0.3) is 10.8 Å². The van der Waals surface area contributed by atoms with Crippen molar-refractivity contribution in [3.63, 3.8) is 0 Å². The van der Waals surface area contributed by atoms with Crippen molar-refractivity contribution in [1.29, 1.82) is 0 Å². The third-order valence-electron chi connectivity index (χ3n) is 4.88. The number of rotatable bonds is 5. The van der Waals surface area contributed by atoms with Crippen LogP contribution in [0.4, 0.5) is 0 Å². The number of piperazine rings is 1. The molecule has 0 bridgehead atoms. The molecule has 1 fully saturated rings. The Morgan fingerprint density at radius 2 is 2.11 bits per heavy atom. The number of aryl methyl sites for hydroxylation is 2.